The molecule has 0 radical (unpaired) electrons. The minimum absolute atomic E-state index is 0.191. The molecule has 1 fully saturated rings. The zero-order valence-electron chi connectivity index (χ0n) is 10.9. The van der Waals surface area contributed by atoms with Crippen LogP contribution < -0.4 is 0 Å². The topological polar surface area (TPSA) is 68.0 Å². The van der Waals surface area contributed by atoms with Gasteiger partial charge in [0.1, 0.15) is 5.69 Å². The van der Waals surface area contributed by atoms with Crippen LogP contribution in [-0.2, 0) is 0 Å². The molecule has 0 spiro atoms. The predicted octanol–water partition coefficient (Wildman–Crippen LogP) is 2.91. The molecule has 7 heteroatoms. The third kappa shape index (κ3) is 2.74. The summed E-state index contributed by atoms with van der Waals surface area (Å²) in [5.74, 6) is -0.632. The summed E-state index contributed by atoms with van der Waals surface area (Å²) < 4.78 is 27.3. The van der Waals surface area contributed by atoms with Crippen LogP contribution >= 0.6 is 0 Å². The van der Waals surface area contributed by atoms with Gasteiger partial charge in [0, 0.05) is 0 Å². The van der Waals surface area contributed by atoms with Gasteiger partial charge in [-0.15, -0.1) is 5.10 Å². The number of rotatable bonds is 3. The first kappa shape index (κ1) is 13.9. The van der Waals surface area contributed by atoms with E-state index in [2.05, 4.69) is 24.2 Å². The number of nitrogens with zero attached hydrogens (tertiary/aromatic N) is 3. The van der Waals surface area contributed by atoms with E-state index in [1.807, 2.05) is 0 Å². The zero-order valence-corrected chi connectivity index (χ0v) is 10.9. The van der Waals surface area contributed by atoms with Crippen LogP contribution in [0, 0.1) is 11.8 Å². The van der Waals surface area contributed by atoms with Gasteiger partial charge in [0.05, 0.1) is 6.04 Å². The van der Waals surface area contributed by atoms with E-state index in [0.29, 0.717) is 11.8 Å². The van der Waals surface area contributed by atoms with Crippen molar-refractivity contribution in [1.82, 2.24) is 15.0 Å². The van der Waals surface area contributed by atoms with Gasteiger partial charge in [0.2, 0.25) is 0 Å². The molecule has 1 aliphatic rings. The predicted molar refractivity (Wildman–Crippen MR) is 63.2 cm³/mol. The molecule has 0 aromatic carbocycles. The second kappa shape index (κ2) is 5.22. The third-order valence-electron chi connectivity index (χ3n) is 3.64. The Bertz CT molecular complexity index is 466. The van der Waals surface area contributed by atoms with Crippen LogP contribution in [-0.4, -0.2) is 26.1 Å². The average Bonchev–Trinajstić information content (AvgIpc) is 2.71. The summed E-state index contributed by atoms with van der Waals surface area (Å²) in [6, 6.07) is -0.191. The SMILES string of the molecule is CC1CC(C)CC(n2nnc(C(=O)O)c2C(F)F)C1. The Labute approximate surface area is 109 Å². The second-order valence-corrected chi connectivity index (χ2v) is 5.44. The standard InChI is InChI=1S/C12H17F2N3O2/c1-6-3-7(2)5-8(4-6)17-10(11(13)14)9(12(18)19)15-16-17/h6-8,11H,3-5H2,1-2H3,(H,18,19). The first-order chi connectivity index (χ1) is 8.90. The molecule has 2 rings (SSSR count). The molecule has 0 saturated heterocycles. The summed E-state index contributed by atoms with van der Waals surface area (Å²) in [4.78, 5) is 10.9. The molecule has 1 saturated carbocycles. The molecular formula is C12H17F2N3O2. The molecule has 0 bridgehead atoms. The van der Waals surface area contributed by atoms with Crippen molar-refractivity contribution in [3.63, 3.8) is 0 Å². The molecular weight excluding hydrogens is 256 g/mol. The van der Waals surface area contributed by atoms with Crippen molar-refractivity contribution < 1.29 is 18.7 Å². The van der Waals surface area contributed by atoms with Gasteiger partial charge in [-0.2, -0.15) is 0 Å². The smallest absolute Gasteiger partial charge is 0.358 e. The number of aromatic carboxylic acids is 1. The molecule has 5 nitrogen and oxygen atoms in total. The summed E-state index contributed by atoms with van der Waals surface area (Å²) in [5, 5.41) is 15.9. The minimum Gasteiger partial charge on any atom is -0.476 e. The van der Waals surface area contributed by atoms with Crippen molar-refractivity contribution in [3.05, 3.63) is 11.4 Å². The van der Waals surface area contributed by atoms with Gasteiger partial charge in [0.15, 0.2) is 5.69 Å². The molecule has 1 N–H and O–H groups in total. The maximum atomic E-state index is 13.1. The fraction of sp³-hybridized carbons (Fsp3) is 0.750. The van der Waals surface area contributed by atoms with Gasteiger partial charge in [-0.1, -0.05) is 19.1 Å². The van der Waals surface area contributed by atoms with Crippen LogP contribution in [0.4, 0.5) is 8.78 Å². The van der Waals surface area contributed by atoms with Crippen molar-refractivity contribution in [3.8, 4) is 0 Å². The number of hydrogen-bond acceptors (Lipinski definition) is 3. The Balaban J connectivity index is 2.36. The van der Waals surface area contributed by atoms with E-state index in [4.69, 9.17) is 5.11 Å². The number of alkyl halides is 2. The average molecular weight is 273 g/mol. The maximum absolute atomic E-state index is 13.1. The van der Waals surface area contributed by atoms with Crippen molar-refractivity contribution in [2.75, 3.05) is 0 Å². The van der Waals surface area contributed by atoms with Gasteiger partial charge in [-0.25, -0.2) is 18.3 Å². The second-order valence-electron chi connectivity index (χ2n) is 5.44. The van der Waals surface area contributed by atoms with E-state index >= 15 is 0 Å². The molecule has 106 valence electrons. The highest BCUT2D eigenvalue weighted by atomic mass is 19.3. The highest BCUT2D eigenvalue weighted by Crippen LogP contribution is 2.37. The van der Waals surface area contributed by atoms with Crippen LogP contribution in [0.15, 0.2) is 0 Å². The first-order valence-corrected chi connectivity index (χ1v) is 6.36. The van der Waals surface area contributed by atoms with Crippen LogP contribution in [0.3, 0.4) is 0 Å². The summed E-state index contributed by atoms with van der Waals surface area (Å²) in [6.45, 7) is 4.14. The number of carbonyl (C=O) groups is 1. The molecule has 0 amide bonds. The number of halogens is 2. The zero-order chi connectivity index (χ0) is 14.2. The highest BCUT2D eigenvalue weighted by molar-refractivity contribution is 5.86. The summed E-state index contributed by atoms with van der Waals surface area (Å²) in [6.07, 6.45) is -0.367. The molecule has 1 aromatic heterocycles. The fourth-order valence-corrected chi connectivity index (χ4v) is 3.03. The Morgan fingerprint density at radius 1 is 1.32 bits per heavy atom. The number of carboxylic acids is 1. The van der Waals surface area contributed by atoms with Crippen molar-refractivity contribution >= 4 is 5.97 Å². The minimum atomic E-state index is -2.88. The molecule has 1 aromatic rings. The summed E-state index contributed by atoms with van der Waals surface area (Å²) >= 11 is 0. The molecule has 19 heavy (non-hydrogen) atoms. The van der Waals surface area contributed by atoms with Gasteiger partial charge in [0.25, 0.3) is 6.43 Å². The van der Waals surface area contributed by atoms with E-state index in [1.54, 1.807) is 0 Å². The first-order valence-electron chi connectivity index (χ1n) is 6.36. The highest BCUT2D eigenvalue weighted by Gasteiger charge is 2.33. The van der Waals surface area contributed by atoms with Crippen LogP contribution in [0.5, 0.6) is 0 Å². The van der Waals surface area contributed by atoms with E-state index in [-0.39, 0.29) is 6.04 Å². The summed E-state index contributed by atoms with van der Waals surface area (Å²) in [7, 11) is 0. The molecule has 2 unspecified atom stereocenters. The maximum Gasteiger partial charge on any atom is 0.358 e. The Kier molecular flexibility index (Phi) is 3.82. The van der Waals surface area contributed by atoms with E-state index in [0.717, 1.165) is 23.9 Å². The molecule has 1 aliphatic carbocycles. The number of carboxylic acid groups (broad SMARTS) is 1. The lowest BCUT2D eigenvalue weighted by Gasteiger charge is -2.31. The van der Waals surface area contributed by atoms with Crippen molar-refractivity contribution in [2.45, 2.75) is 45.6 Å². The lowest BCUT2D eigenvalue weighted by Crippen LogP contribution is -2.25. The van der Waals surface area contributed by atoms with Crippen molar-refractivity contribution in [1.29, 1.82) is 0 Å². The lowest BCUT2D eigenvalue weighted by atomic mass is 9.80. The van der Waals surface area contributed by atoms with E-state index in [1.165, 1.54) is 0 Å². The number of aromatic nitrogens is 3. The van der Waals surface area contributed by atoms with Crippen LogP contribution in [0.2, 0.25) is 0 Å². The van der Waals surface area contributed by atoms with Crippen LogP contribution in [0.25, 0.3) is 0 Å². The molecule has 0 aliphatic heterocycles. The summed E-state index contributed by atoms with van der Waals surface area (Å²) in [5.41, 5.74) is -1.21. The van der Waals surface area contributed by atoms with Gasteiger partial charge >= 0.3 is 5.97 Å². The quantitative estimate of drug-likeness (QED) is 0.919. The van der Waals surface area contributed by atoms with Crippen LogP contribution in [0.1, 0.15) is 61.8 Å². The normalized spacial score (nSPS) is 27.7. The van der Waals surface area contributed by atoms with E-state index < -0.39 is 23.8 Å². The third-order valence-corrected chi connectivity index (χ3v) is 3.64. The lowest BCUT2D eigenvalue weighted by molar-refractivity contribution is 0.0673. The fourth-order valence-electron chi connectivity index (χ4n) is 3.03. The monoisotopic (exact) mass is 273 g/mol. The van der Waals surface area contributed by atoms with Gasteiger partial charge in [-0.3, -0.25) is 0 Å². The van der Waals surface area contributed by atoms with Crippen molar-refractivity contribution in [2.24, 2.45) is 11.8 Å². The molecule has 2 atom stereocenters. The molecule has 1 heterocycles. The van der Waals surface area contributed by atoms with Gasteiger partial charge < -0.3 is 5.11 Å². The largest absolute Gasteiger partial charge is 0.476 e. The Hall–Kier alpha value is -1.53. The Morgan fingerprint density at radius 3 is 2.37 bits per heavy atom. The van der Waals surface area contributed by atoms with E-state index in [9.17, 15) is 13.6 Å². The van der Waals surface area contributed by atoms with Gasteiger partial charge in [-0.05, 0) is 31.1 Å². The Morgan fingerprint density at radius 2 is 1.89 bits per heavy atom. The number of hydrogen-bond donors (Lipinski definition) is 1.